The Morgan fingerprint density at radius 2 is 2.08 bits per heavy atom. The topological polar surface area (TPSA) is 83.0 Å². The minimum Gasteiger partial charge on any atom is -0.449 e. The minimum absolute atomic E-state index is 0.337. The Hall–Kier alpha value is -3.22. The number of oxazole rings is 1. The van der Waals surface area contributed by atoms with Crippen LogP contribution >= 0.6 is 0 Å². The molecule has 0 fully saturated rings. The maximum atomic E-state index is 12.3. The lowest BCUT2D eigenvalue weighted by Crippen LogP contribution is -2.10. The van der Waals surface area contributed by atoms with Crippen LogP contribution in [0.4, 0.5) is 0 Å². The van der Waals surface area contributed by atoms with Crippen molar-refractivity contribution < 1.29 is 13.9 Å². The fourth-order valence-electron chi connectivity index (χ4n) is 2.47. The number of ether oxygens (including phenoxy) is 1. The molecule has 0 saturated carbocycles. The van der Waals surface area contributed by atoms with E-state index in [0.29, 0.717) is 28.2 Å². The number of rotatable bonds is 3. The molecule has 0 saturated heterocycles. The smallest absolute Gasteiger partial charge is 0.340 e. The van der Waals surface area contributed by atoms with Crippen molar-refractivity contribution in [1.29, 1.82) is 0 Å². The number of imidazole rings is 1. The van der Waals surface area contributed by atoms with Crippen LogP contribution in [0.3, 0.4) is 0 Å². The third kappa shape index (κ3) is 2.40. The first-order valence-electron chi connectivity index (χ1n) is 7.45. The van der Waals surface area contributed by atoms with E-state index >= 15 is 0 Å². The van der Waals surface area contributed by atoms with Crippen molar-refractivity contribution in [1.82, 2.24) is 19.5 Å². The molecule has 7 heteroatoms. The molecular weight excluding hydrogens is 308 g/mol. The van der Waals surface area contributed by atoms with Crippen LogP contribution in [0.5, 0.6) is 0 Å². The third-order valence-corrected chi connectivity index (χ3v) is 3.73. The number of aromatic nitrogens is 4. The highest BCUT2D eigenvalue weighted by atomic mass is 16.6. The van der Waals surface area contributed by atoms with Crippen molar-refractivity contribution in [3.8, 4) is 0 Å². The van der Waals surface area contributed by atoms with Gasteiger partial charge in [-0.1, -0.05) is 12.1 Å². The fourth-order valence-corrected chi connectivity index (χ4v) is 2.47. The predicted octanol–water partition coefficient (Wildman–Crippen LogP) is 3.03. The standard InChI is InChI=1S/C17H14N4O3/c1-10(16-20-12-5-3-4-6-14(12)24-16)23-17(22)11-7-13-15(18-8-11)21(2)9-19-13/h3-10H,1-2H3/t10-/m0/s1. The number of benzene rings is 1. The Morgan fingerprint density at radius 3 is 2.92 bits per heavy atom. The lowest BCUT2D eigenvalue weighted by Gasteiger charge is -2.09. The zero-order valence-electron chi connectivity index (χ0n) is 13.1. The molecule has 1 aromatic carbocycles. The van der Waals surface area contributed by atoms with Crippen LogP contribution in [0, 0.1) is 0 Å². The molecule has 0 unspecified atom stereocenters. The second-order valence-corrected chi connectivity index (χ2v) is 5.49. The number of nitrogens with zero attached hydrogens (tertiary/aromatic N) is 4. The predicted molar refractivity (Wildman–Crippen MR) is 86.3 cm³/mol. The van der Waals surface area contributed by atoms with Gasteiger partial charge in [-0.15, -0.1) is 0 Å². The first-order valence-corrected chi connectivity index (χ1v) is 7.45. The summed E-state index contributed by atoms with van der Waals surface area (Å²) in [5.74, 6) is -0.138. The molecule has 0 radical (unpaired) electrons. The quantitative estimate of drug-likeness (QED) is 0.539. The lowest BCUT2D eigenvalue weighted by atomic mass is 10.2. The van der Waals surface area contributed by atoms with E-state index in [2.05, 4.69) is 15.0 Å². The van der Waals surface area contributed by atoms with Gasteiger partial charge in [-0.25, -0.2) is 19.7 Å². The number of esters is 1. The Labute approximate surface area is 136 Å². The van der Waals surface area contributed by atoms with Crippen LogP contribution in [0.15, 0.2) is 47.3 Å². The molecule has 3 heterocycles. The second kappa shape index (κ2) is 5.45. The molecule has 0 amide bonds. The summed E-state index contributed by atoms with van der Waals surface area (Å²) in [4.78, 5) is 25.1. The highest BCUT2D eigenvalue weighted by molar-refractivity contribution is 5.92. The van der Waals surface area contributed by atoms with Crippen LogP contribution in [-0.2, 0) is 11.8 Å². The summed E-state index contributed by atoms with van der Waals surface area (Å²) in [6, 6.07) is 9.05. The van der Waals surface area contributed by atoms with E-state index in [0.717, 1.165) is 5.52 Å². The molecule has 0 aliphatic heterocycles. The number of aryl methyl sites for hydroxylation is 1. The minimum atomic E-state index is -0.607. The van der Waals surface area contributed by atoms with Gasteiger partial charge >= 0.3 is 5.97 Å². The van der Waals surface area contributed by atoms with Crippen molar-refractivity contribution in [2.24, 2.45) is 7.05 Å². The van der Waals surface area contributed by atoms with Gasteiger partial charge in [0.1, 0.15) is 11.0 Å². The number of para-hydroxylation sites is 2. The molecule has 4 aromatic rings. The van der Waals surface area contributed by atoms with Crippen LogP contribution in [0.1, 0.15) is 29.3 Å². The highest BCUT2D eigenvalue weighted by Crippen LogP contribution is 2.23. The Kier molecular flexibility index (Phi) is 3.26. The number of carbonyl (C=O) groups excluding carboxylic acids is 1. The zero-order chi connectivity index (χ0) is 16.7. The number of pyridine rings is 1. The monoisotopic (exact) mass is 322 g/mol. The number of fused-ring (bicyclic) bond motifs is 2. The van der Waals surface area contributed by atoms with Crippen molar-refractivity contribution >= 4 is 28.2 Å². The van der Waals surface area contributed by atoms with E-state index in [1.165, 1.54) is 6.20 Å². The molecule has 4 rings (SSSR count). The molecule has 24 heavy (non-hydrogen) atoms. The largest absolute Gasteiger partial charge is 0.449 e. The molecule has 0 N–H and O–H groups in total. The molecule has 0 aliphatic carbocycles. The van der Waals surface area contributed by atoms with Crippen molar-refractivity contribution in [3.05, 3.63) is 54.3 Å². The molecule has 0 bridgehead atoms. The van der Waals surface area contributed by atoms with E-state index in [9.17, 15) is 4.79 Å². The van der Waals surface area contributed by atoms with E-state index < -0.39 is 12.1 Å². The van der Waals surface area contributed by atoms with Gasteiger partial charge in [0.2, 0.25) is 5.89 Å². The van der Waals surface area contributed by atoms with E-state index in [4.69, 9.17) is 9.15 Å². The van der Waals surface area contributed by atoms with Crippen LogP contribution < -0.4 is 0 Å². The number of carbonyl (C=O) groups is 1. The number of hydrogen-bond donors (Lipinski definition) is 0. The van der Waals surface area contributed by atoms with E-state index in [1.807, 2.05) is 31.3 Å². The molecule has 1 atom stereocenters. The van der Waals surface area contributed by atoms with Gasteiger partial charge in [0.05, 0.1) is 11.9 Å². The van der Waals surface area contributed by atoms with Gasteiger partial charge in [0, 0.05) is 13.2 Å². The summed E-state index contributed by atoms with van der Waals surface area (Å²) >= 11 is 0. The van der Waals surface area contributed by atoms with E-state index in [-0.39, 0.29) is 0 Å². The van der Waals surface area contributed by atoms with Gasteiger partial charge in [-0.3, -0.25) is 0 Å². The van der Waals surface area contributed by atoms with Crippen LogP contribution in [0.2, 0.25) is 0 Å². The maximum Gasteiger partial charge on any atom is 0.340 e. The van der Waals surface area contributed by atoms with Crippen molar-refractivity contribution in [2.45, 2.75) is 13.0 Å². The summed E-state index contributed by atoms with van der Waals surface area (Å²) in [5.41, 5.74) is 3.07. The molecule has 7 nitrogen and oxygen atoms in total. The zero-order valence-corrected chi connectivity index (χ0v) is 13.1. The van der Waals surface area contributed by atoms with Crippen LogP contribution in [0.25, 0.3) is 22.3 Å². The summed E-state index contributed by atoms with van der Waals surface area (Å²) in [6.45, 7) is 1.72. The van der Waals surface area contributed by atoms with Gasteiger partial charge in [-0.2, -0.15) is 0 Å². The lowest BCUT2D eigenvalue weighted by molar-refractivity contribution is 0.0282. The fraction of sp³-hybridized carbons (Fsp3) is 0.176. The molecule has 120 valence electrons. The average molecular weight is 322 g/mol. The Balaban J connectivity index is 1.57. The third-order valence-electron chi connectivity index (χ3n) is 3.73. The summed E-state index contributed by atoms with van der Waals surface area (Å²) < 4.78 is 12.8. The van der Waals surface area contributed by atoms with Crippen LogP contribution in [-0.4, -0.2) is 25.5 Å². The first-order chi connectivity index (χ1) is 11.6. The maximum absolute atomic E-state index is 12.3. The normalized spacial score (nSPS) is 12.6. The molecule has 3 aromatic heterocycles. The first kappa shape index (κ1) is 14.4. The molecular formula is C17H14N4O3. The average Bonchev–Trinajstić information content (AvgIpc) is 3.18. The summed E-state index contributed by atoms with van der Waals surface area (Å²) in [6.07, 6.45) is 2.52. The SMILES string of the molecule is C[C@H](OC(=O)c1cnc2c(c1)ncn2C)c1nc2ccccc2o1. The van der Waals surface area contributed by atoms with E-state index in [1.54, 1.807) is 23.9 Å². The van der Waals surface area contributed by atoms with Gasteiger partial charge < -0.3 is 13.7 Å². The van der Waals surface area contributed by atoms with Crippen molar-refractivity contribution in [2.75, 3.05) is 0 Å². The number of hydrogen-bond acceptors (Lipinski definition) is 6. The summed E-state index contributed by atoms with van der Waals surface area (Å²) in [5, 5.41) is 0. The molecule has 0 spiro atoms. The second-order valence-electron chi connectivity index (χ2n) is 5.49. The van der Waals surface area contributed by atoms with Gasteiger partial charge in [-0.05, 0) is 25.1 Å². The Bertz CT molecular complexity index is 1020. The highest BCUT2D eigenvalue weighted by Gasteiger charge is 2.19. The summed E-state index contributed by atoms with van der Waals surface area (Å²) in [7, 11) is 1.84. The van der Waals surface area contributed by atoms with Crippen molar-refractivity contribution in [3.63, 3.8) is 0 Å². The molecule has 0 aliphatic rings. The van der Waals surface area contributed by atoms with Gasteiger partial charge in [0.15, 0.2) is 17.3 Å². The van der Waals surface area contributed by atoms with Gasteiger partial charge in [0.25, 0.3) is 0 Å². The Morgan fingerprint density at radius 1 is 1.25 bits per heavy atom.